The second-order valence-electron chi connectivity index (χ2n) is 2.99. The monoisotopic (exact) mass is 220 g/mol. The Morgan fingerprint density at radius 3 is 2.54 bits per heavy atom. The molecule has 0 amide bonds. The normalized spacial score (nSPS) is 12.0. The zero-order valence-corrected chi connectivity index (χ0v) is 9.37. The summed E-state index contributed by atoms with van der Waals surface area (Å²) in [5.74, 6) is 0. The molecule has 0 unspecified atom stereocenters. The maximum atomic E-state index is 11.4. The molecule has 13 heavy (non-hydrogen) atoms. The van der Waals surface area contributed by atoms with Gasteiger partial charge >= 0.3 is 0 Å². The maximum absolute atomic E-state index is 11.4. The van der Waals surface area contributed by atoms with Crippen LogP contribution in [0.1, 0.15) is 19.5 Å². The van der Waals surface area contributed by atoms with Crippen molar-refractivity contribution in [3.05, 3.63) is 11.1 Å². The predicted octanol–water partition coefficient (Wildman–Crippen LogP) is 1.60. The summed E-state index contributed by atoms with van der Waals surface area (Å²) in [5.41, 5.74) is 0.825. The summed E-state index contributed by atoms with van der Waals surface area (Å²) < 4.78 is 25.1. The number of nitrogens with zero attached hydrogens (tertiary/aromatic N) is 1. The van der Waals surface area contributed by atoms with Gasteiger partial charge < -0.3 is 0 Å². The van der Waals surface area contributed by atoms with Crippen molar-refractivity contribution in [3.63, 3.8) is 0 Å². The van der Waals surface area contributed by atoms with Crippen LogP contribution in [-0.4, -0.2) is 18.7 Å². The number of thiazole rings is 1. The van der Waals surface area contributed by atoms with Gasteiger partial charge in [0.1, 0.15) is 0 Å². The van der Waals surface area contributed by atoms with Gasteiger partial charge in [0.25, 0.3) is 0 Å². The number of hydrogen-bond acceptors (Lipinski definition) is 4. The van der Waals surface area contributed by atoms with Gasteiger partial charge in [-0.3, -0.25) is 4.72 Å². The molecule has 74 valence electrons. The SMILES string of the molecule is Cc1csc(NS(=O)(=O)C(C)C)n1. The zero-order chi connectivity index (χ0) is 10.1. The number of aromatic nitrogens is 1. The van der Waals surface area contributed by atoms with Crippen LogP contribution in [0.3, 0.4) is 0 Å². The van der Waals surface area contributed by atoms with Gasteiger partial charge in [-0.15, -0.1) is 11.3 Å². The Labute approximate surface area is 82.1 Å². The molecule has 1 aromatic heterocycles. The summed E-state index contributed by atoms with van der Waals surface area (Å²) in [5, 5.41) is 1.81. The van der Waals surface area contributed by atoms with E-state index in [4.69, 9.17) is 0 Å². The Bertz CT molecular complexity index is 381. The molecule has 0 spiro atoms. The molecule has 1 rings (SSSR count). The molecule has 6 heteroatoms. The lowest BCUT2D eigenvalue weighted by atomic mass is 10.6. The van der Waals surface area contributed by atoms with Crippen molar-refractivity contribution in [3.8, 4) is 0 Å². The van der Waals surface area contributed by atoms with Gasteiger partial charge in [0.05, 0.1) is 10.9 Å². The molecule has 4 nitrogen and oxygen atoms in total. The van der Waals surface area contributed by atoms with Crippen molar-refractivity contribution in [1.29, 1.82) is 0 Å². The van der Waals surface area contributed by atoms with Gasteiger partial charge in [-0.2, -0.15) is 0 Å². The Kier molecular flexibility index (Phi) is 2.92. The summed E-state index contributed by atoms with van der Waals surface area (Å²) in [6, 6.07) is 0. The minimum atomic E-state index is -3.24. The summed E-state index contributed by atoms with van der Waals surface area (Å²) in [6.07, 6.45) is 0. The first-order valence-electron chi connectivity index (χ1n) is 3.85. The van der Waals surface area contributed by atoms with Gasteiger partial charge in [-0.1, -0.05) is 0 Å². The zero-order valence-electron chi connectivity index (χ0n) is 7.73. The van der Waals surface area contributed by atoms with Gasteiger partial charge in [0.2, 0.25) is 10.0 Å². The standard InChI is InChI=1S/C7H12N2O2S2/c1-5(2)13(10,11)9-7-8-6(3)4-12-7/h4-5H,1-3H3,(H,8,9). The van der Waals surface area contributed by atoms with E-state index in [9.17, 15) is 8.42 Å². The highest BCUT2D eigenvalue weighted by Gasteiger charge is 2.16. The van der Waals surface area contributed by atoms with E-state index >= 15 is 0 Å². The lowest BCUT2D eigenvalue weighted by Crippen LogP contribution is -2.22. The molecule has 0 aromatic carbocycles. The predicted molar refractivity (Wildman–Crippen MR) is 54.5 cm³/mol. The topological polar surface area (TPSA) is 59.1 Å². The Morgan fingerprint density at radius 2 is 2.15 bits per heavy atom. The first-order valence-corrected chi connectivity index (χ1v) is 6.28. The quantitative estimate of drug-likeness (QED) is 0.841. The van der Waals surface area contributed by atoms with Crippen molar-refractivity contribution in [2.75, 3.05) is 4.72 Å². The molecule has 0 fully saturated rings. The fourth-order valence-electron chi connectivity index (χ4n) is 0.640. The fourth-order valence-corrected chi connectivity index (χ4v) is 2.24. The first kappa shape index (κ1) is 10.5. The molecule has 1 N–H and O–H groups in total. The van der Waals surface area contributed by atoms with E-state index in [1.54, 1.807) is 19.2 Å². The molecule has 0 aliphatic rings. The molecule has 1 aromatic rings. The maximum Gasteiger partial charge on any atom is 0.236 e. The van der Waals surface area contributed by atoms with E-state index in [-0.39, 0.29) is 0 Å². The summed E-state index contributed by atoms with van der Waals surface area (Å²) in [4.78, 5) is 4.01. The Morgan fingerprint density at radius 1 is 1.54 bits per heavy atom. The van der Waals surface area contributed by atoms with E-state index in [2.05, 4.69) is 9.71 Å². The lowest BCUT2D eigenvalue weighted by molar-refractivity contribution is 0.592. The lowest BCUT2D eigenvalue weighted by Gasteiger charge is -2.06. The van der Waals surface area contributed by atoms with Crippen LogP contribution in [0, 0.1) is 6.92 Å². The minimum absolute atomic E-state index is 0.434. The van der Waals surface area contributed by atoms with Crippen LogP contribution in [-0.2, 0) is 10.0 Å². The van der Waals surface area contributed by atoms with Gasteiger partial charge in [0.15, 0.2) is 5.13 Å². The second-order valence-corrected chi connectivity index (χ2v) is 6.08. The van der Waals surface area contributed by atoms with Gasteiger partial charge in [-0.05, 0) is 20.8 Å². The highest BCUT2D eigenvalue weighted by Crippen LogP contribution is 2.17. The van der Waals surface area contributed by atoms with Crippen molar-refractivity contribution in [1.82, 2.24) is 4.98 Å². The average molecular weight is 220 g/mol. The van der Waals surface area contributed by atoms with Crippen LogP contribution in [0.15, 0.2) is 5.38 Å². The summed E-state index contributed by atoms with van der Waals surface area (Å²) >= 11 is 1.29. The first-order chi connectivity index (χ1) is 5.92. The molecule has 1 heterocycles. The largest absolute Gasteiger partial charge is 0.258 e. The smallest absolute Gasteiger partial charge is 0.236 e. The number of anilines is 1. The van der Waals surface area contributed by atoms with E-state index < -0.39 is 15.3 Å². The van der Waals surface area contributed by atoms with E-state index in [1.807, 2.05) is 6.92 Å². The van der Waals surface area contributed by atoms with Crippen LogP contribution in [0.25, 0.3) is 0 Å². The third-order valence-electron chi connectivity index (χ3n) is 1.47. The van der Waals surface area contributed by atoms with Crippen molar-refractivity contribution in [2.24, 2.45) is 0 Å². The Balaban J connectivity index is 2.81. The third kappa shape index (κ3) is 2.67. The summed E-state index contributed by atoms with van der Waals surface area (Å²) in [6.45, 7) is 5.08. The van der Waals surface area contributed by atoms with Crippen molar-refractivity contribution in [2.45, 2.75) is 26.0 Å². The molecule has 0 radical (unpaired) electrons. The summed E-state index contributed by atoms with van der Waals surface area (Å²) in [7, 11) is -3.24. The number of rotatable bonds is 3. The highest BCUT2D eigenvalue weighted by atomic mass is 32.2. The highest BCUT2D eigenvalue weighted by molar-refractivity contribution is 7.93. The number of sulfonamides is 1. The molecule has 0 saturated heterocycles. The number of aryl methyl sites for hydroxylation is 1. The number of nitrogens with one attached hydrogen (secondary N) is 1. The van der Waals surface area contributed by atoms with Crippen molar-refractivity contribution < 1.29 is 8.42 Å². The van der Waals surface area contributed by atoms with Crippen LogP contribution in [0.4, 0.5) is 5.13 Å². The molecule has 0 bridgehead atoms. The third-order valence-corrected chi connectivity index (χ3v) is 4.19. The van der Waals surface area contributed by atoms with Crippen LogP contribution in [0.2, 0.25) is 0 Å². The molecular formula is C7H12N2O2S2. The molecule has 0 aliphatic carbocycles. The number of hydrogen-bond donors (Lipinski definition) is 1. The average Bonchev–Trinajstić information content (AvgIpc) is 2.34. The molecule has 0 saturated carbocycles. The fraction of sp³-hybridized carbons (Fsp3) is 0.571. The van der Waals surface area contributed by atoms with E-state index in [0.717, 1.165) is 5.69 Å². The Hall–Kier alpha value is -0.620. The van der Waals surface area contributed by atoms with Gasteiger partial charge in [-0.25, -0.2) is 13.4 Å². The van der Waals surface area contributed by atoms with Crippen LogP contribution in [0.5, 0.6) is 0 Å². The second kappa shape index (κ2) is 3.63. The van der Waals surface area contributed by atoms with Gasteiger partial charge in [0, 0.05) is 5.38 Å². The minimum Gasteiger partial charge on any atom is -0.258 e. The van der Waals surface area contributed by atoms with Crippen LogP contribution < -0.4 is 4.72 Å². The molecular weight excluding hydrogens is 208 g/mol. The van der Waals surface area contributed by atoms with E-state index in [1.165, 1.54) is 11.3 Å². The van der Waals surface area contributed by atoms with Crippen molar-refractivity contribution >= 4 is 26.5 Å². The molecule has 0 atom stereocenters. The van der Waals surface area contributed by atoms with E-state index in [0.29, 0.717) is 5.13 Å². The molecule has 0 aliphatic heterocycles. The van der Waals surface area contributed by atoms with Crippen LogP contribution >= 0.6 is 11.3 Å².